The molecule has 2 heteroatoms. The zero-order valence-electron chi connectivity index (χ0n) is 19.2. The van der Waals surface area contributed by atoms with Gasteiger partial charge in [-0.1, -0.05) is 73.1 Å². The fraction of sp³-hybridized carbons (Fsp3) is 0.960. The lowest BCUT2D eigenvalue weighted by atomic mass is 9.51. The van der Waals surface area contributed by atoms with E-state index in [4.69, 9.17) is 5.11 Å². The number of hydrogen-bond donors (Lipinski definition) is 1. The van der Waals surface area contributed by atoms with Crippen molar-refractivity contribution in [3.8, 4) is 0 Å². The molecule has 0 amide bonds. The van der Waals surface area contributed by atoms with Crippen LogP contribution in [0.3, 0.4) is 0 Å². The molecule has 0 aromatic heterocycles. The molecule has 160 valence electrons. The molecule has 0 spiro atoms. The van der Waals surface area contributed by atoms with E-state index in [2.05, 4.69) is 20.8 Å². The molecule has 0 aromatic carbocycles. The number of rotatable bonds is 6. The predicted octanol–water partition coefficient (Wildman–Crippen LogP) is 7.04. The number of unbranched alkanes of at least 4 members (excludes halogenated alkanes) is 2. The van der Waals surface area contributed by atoms with E-state index in [1.54, 1.807) is 0 Å². The van der Waals surface area contributed by atoms with E-state index in [0.29, 0.717) is 5.78 Å². The first-order valence-electron chi connectivity index (χ1n) is 12.1. The van der Waals surface area contributed by atoms with Gasteiger partial charge in [0.15, 0.2) is 0 Å². The number of aliphatic hydroxyl groups is 1. The zero-order chi connectivity index (χ0) is 20.4. The minimum Gasteiger partial charge on any atom is -0.400 e. The molecular weight excluding hydrogens is 332 g/mol. The van der Waals surface area contributed by atoms with Crippen LogP contribution in [0.4, 0.5) is 0 Å². The van der Waals surface area contributed by atoms with Gasteiger partial charge in [0.05, 0.1) is 0 Å². The minimum absolute atomic E-state index is 0.0625. The van der Waals surface area contributed by atoms with Crippen LogP contribution in [0.15, 0.2) is 0 Å². The molecule has 27 heavy (non-hydrogen) atoms. The van der Waals surface area contributed by atoms with E-state index >= 15 is 0 Å². The molecule has 0 aromatic rings. The van der Waals surface area contributed by atoms with E-state index in [-0.39, 0.29) is 5.41 Å². The summed E-state index contributed by atoms with van der Waals surface area (Å²) in [5, 5.41) is 7.00. The third-order valence-electron chi connectivity index (χ3n) is 8.03. The normalized spacial score (nSPS) is 37.3. The van der Waals surface area contributed by atoms with Gasteiger partial charge in [-0.25, -0.2) is 0 Å². The monoisotopic (exact) mass is 380 g/mol. The summed E-state index contributed by atoms with van der Waals surface area (Å²) in [6.45, 7) is 11.0. The van der Waals surface area contributed by atoms with Crippen molar-refractivity contribution < 1.29 is 9.90 Å². The fourth-order valence-electron chi connectivity index (χ4n) is 6.80. The van der Waals surface area contributed by atoms with Gasteiger partial charge < -0.3 is 5.11 Å². The average Bonchev–Trinajstić information content (AvgIpc) is 3.02. The van der Waals surface area contributed by atoms with Gasteiger partial charge in [0, 0.05) is 18.9 Å². The fourth-order valence-corrected chi connectivity index (χ4v) is 6.80. The smallest absolute Gasteiger partial charge is 0.139 e. The quantitative estimate of drug-likeness (QED) is 0.502. The number of ketones is 1. The van der Waals surface area contributed by atoms with Crippen LogP contribution >= 0.6 is 0 Å². The molecular formula is C25H48O2. The highest BCUT2D eigenvalue weighted by atomic mass is 16.2. The molecule has 3 rings (SSSR count). The summed E-state index contributed by atoms with van der Waals surface area (Å²) < 4.78 is 0. The third kappa shape index (κ3) is 5.37. The lowest BCUT2D eigenvalue weighted by molar-refractivity contribution is -0.132. The first kappa shape index (κ1) is 24.7. The molecule has 0 bridgehead atoms. The Balaban J connectivity index is 0.000000855. The molecule has 3 saturated carbocycles. The Labute approximate surface area is 169 Å². The molecule has 3 aliphatic rings. The van der Waals surface area contributed by atoms with Gasteiger partial charge in [-0.05, 0) is 61.7 Å². The number of carbonyl (C=O) groups excluding carboxylic acids is 1. The van der Waals surface area contributed by atoms with Crippen molar-refractivity contribution >= 4 is 5.78 Å². The molecule has 6 unspecified atom stereocenters. The summed E-state index contributed by atoms with van der Waals surface area (Å²) in [6, 6.07) is 0. The lowest BCUT2D eigenvalue weighted by Crippen LogP contribution is -2.47. The van der Waals surface area contributed by atoms with Crippen molar-refractivity contribution in [3.63, 3.8) is 0 Å². The molecule has 0 heterocycles. The number of Topliss-reactive ketones (excluding diaryl/α,β-unsaturated/α-hetero) is 1. The van der Waals surface area contributed by atoms with Crippen LogP contribution < -0.4 is 0 Å². The van der Waals surface area contributed by atoms with Crippen molar-refractivity contribution in [2.45, 2.75) is 112 Å². The molecule has 1 N–H and O–H groups in total. The second kappa shape index (κ2) is 12.2. The van der Waals surface area contributed by atoms with Crippen molar-refractivity contribution in [3.05, 3.63) is 0 Å². The summed E-state index contributed by atoms with van der Waals surface area (Å²) >= 11 is 0. The average molecular weight is 381 g/mol. The van der Waals surface area contributed by atoms with Gasteiger partial charge in [-0.3, -0.25) is 4.79 Å². The summed E-state index contributed by atoms with van der Waals surface area (Å²) in [7, 11) is 1.00. The highest BCUT2D eigenvalue weighted by Gasteiger charge is 2.56. The van der Waals surface area contributed by atoms with Gasteiger partial charge in [0.1, 0.15) is 5.78 Å². The van der Waals surface area contributed by atoms with Crippen molar-refractivity contribution in [1.29, 1.82) is 0 Å². The first-order valence-corrected chi connectivity index (χ1v) is 12.1. The Hall–Kier alpha value is -0.370. The Morgan fingerprint density at radius 3 is 2.26 bits per heavy atom. The Kier molecular flexibility index (Phi) is 11.2. The second-order valence-electron chi connectivity index (χ2n) is 9.14. The third-order valence-corrected chi connectivity index (χ3v) is 8.03. The summed E-state index contributed by atoms with van der Waals surface area (Å²) in [6.07, 6.45) is 16.0. The SMILES string of the molecule is CC.CCCCCC1CCC2C(CCC3(C)C(=O)CCC23)C1CCC.CO. The van der Waals surface area contributed by atoms with Gasteiger partial charge in [-0.15, -0.1) is 0 Å². The first-order chi connectivity index (χ1) is 13.1. The van der Waals surface area contributed by atoms with E-state index in [9.17, 15) is 4.79 Å². The molecule has 0 saturated heterocycles. The van der Waals surface area contributed by atoms with Crippen molar-refractivity contribution in [2.24, 2.45) is 35.0 Å². The number of aliphatic hydroxyl groups excluding tert-OH is 1. The van der Waals surface area contributed by atoms with Gasteiger partial charge in [-0.2, -0.15) is 0 Å². The van der Waals surface area contributed by atoms with Crippen LogP contribution in [0, 0.1) is 35.0 Å². The maximum atomic E-state index is 12.5. The van der Waals surface area contributed by atoms with Crippen LogP contribution in [0.2, 0.25) is 0 Å². The maximum Gasteiger partial charge on any atom is 0.139 e. The summed E-state index contributed by atoms with van der Waals surface area (Å²) in [4.78, 5) is 12.5. The maximum absolute atomic E-state index is 12.5. The number of fused-ring (bicyclic) bond motifs is 3. The summed E-state index contributed by atoms with van der Waals surface area (Å²) in [5.41, 5.74) is 0.0625. The van der Waals surface area contributed by atoms with Crippen molar-refractivity contribution in [1.82, 2.24) is 0 Å². The van der Waals surface area contributed by atoms with E-state index in [1.165, 1.54) is 70.6 Å². The summed E-state index contributed by atoms with van der Waals surface area (Å²) in [5.74, 6) is 5.10. The molecule has 6 atom stereocenters. The number of carbonyl (C=O) groups is 1. The van der Waals surface area contributed by atoms with E-state index in [1.807, 2.05) is 13.8 Å². The van der Waals surface area contributed by atoms with Gasteiger partial charge >= 0.3 is 0 Å². The Morgan fingerprint density at radius 2 is 1.63 bits per heavy atom. The van der Waals surface area contributed by atoms with Crippen LogP contribution in [-0.4, -0.2) is 18.0 Å². The highest BCUT2D eigenvalue weighted by Crippen LogP contribution is 2.60. The molecule has 0 aliphatic heterocycles. The Morgan fingerprint density at radius 1 is 0.926 bits per heavy atom. The Bertz CT molecular complexity index is 419. The largest absolute Gasteiger partial charge is 0.400 e. The van der Waals surface area contributed by atoms with E-state index in [0.717, 1.165) is 43.1 Å². The topological polar surface area (TPSA) is 37.3 Å². The standard InChI is InChI=1S/C22H38O.C2H6.CH4O/c1-4-6-7-9-16-10-11-19-18(17(16)8-5-2)14-15-22(3)20(19)12-13-21(22)23;2*1-2/h16-20H,4-15H2,1-3H3;1-2H3;2H,1H3. The minimum atomic E-state index is 0.0625. The molecule has 3 aliphatic carbocycles. The molecule has 0 radical (unpaired) electrons. The highest BCUT2D eigenvalue weighted by molar-refractivity contribution is 5.87. The molecule has 3 fully saturated rings. The zero-order valence-corrected chi connectivity index (χ0v) is 19.2. The molecule has 2 nitrogen and oxygen atoms in total. The van der Waals surface area contributed by atoms with Crippen LogP contribution in [0.25, 0.3) is 0 Å². The number of hydrogen-bond acceptors (Lipinski definition) is 2. The van der Waals surface area contributed by atoms with E-state index < -0.39 is 0 Å². The van der Waals surface area contributed by atoms with Gasteiger partial charge in [0.25, 0.3) is 0 Å². The van der Waals surface area contributed by atoms with Crippen LogP contribution in [0.5, 0.6) is 0 Å². The second-order valence-corrected chi connectivity index (χ2v) is 9.14. The van der Waals surface area contributed by atoms with Crippen LogP contribution in [-0.2, 0) is 4.79 Å². The van der Waals surface area contributed by atoms with Crippen LogP contribution in [0.1, 0.15) is 112 Å². The lowest BCUT2D eigenvalue weighted by Gasteiger charge is -2.53. The van der Waals surface area contributed by atoms with Crippen molar-refractivity contribution in [2.75, 3.05) is 7.11 Å². The van der Waals surface area contributed by atoms with Gasteiger partial charge in [0.2, 0.25) is 0 Å². The predicted molar refractivity (Wildman–Crippen MR) is 117 cm³/mol.